The highest BCUT2D eigenvalue weighted by Gasteiger charge is 2.14. The van der Waals surface area contributed by atoms with Crippen LogP contribution in [0.5, 0.6) is 5.75 Å². The van der Waals surface area contributed by atoms with Crippen LogP contribution >= 0.6 is 11.6 Å². The highest BCUT2D eigenvalue weighted by Crippen LogP contribution is 2.27. The van der Waals surface area contributed by atoms with E-state index in [0.29, 0.717) is 5.56 Å². The molecule has 0 aliphatic carbocycles. The lowest BCUT2D eigenvalue weighted by atomic mass is 10.0. The average Bonchev–Trinajstić information content (AvgIpc) is 2.12. The maximum Gasteiger partial charge on any atom is 0.180 e. The van der Waals surface area contributed by atoms with Crippen LogP contribution in [0.3, 0.4) is 0 Å². The van der Waals surface area contributed by atoms with Crippen molar-refractivity contribution in [2.75, 3.05) is 11.6 Å². The van der Waals surface area contributed by atoms with Crippen molar-refractivity contribution >= 4 is 23.1 Å². The van der Waals surface area contributed by atoms with Crippen LogP contribution in [0.25, 0.3) is 0 Å². The number of Topliss-reactive ketones (excluding diaryl/α,β-unsaturated/α-hetero) is 1. The summed E-state index contributed by atoms with van der Waals surface area (Å²) >= 11 is 5.40. The van der Waals surface area contributed by atoms with E-state index in [-0.39, 0.29) is 23.1 Å². The topological polar surface area (TPSA) is 63.3 Å². The first-order valence-corrected chi connectivity index (χ1v) is 4.28. The molecule has 0 aromatic heterocycles. The fourth-order valence-electron chi connectivity index (χ4n) is 1.15. The van der Waals surface area contributed by atoms with Gasteiger partial charge in [-0.3, -0.25) is 4.79 Å². The third-order valence-electron chi connectivity index (χ3n) is 1.83. The van der Waals surface area contributed by atoms with Crippen LogP contribution in [-0.2, 0) is 0 Å². The minimum atomic E-state index is -0.271. The number of nitrogens with two attached hydrogens (primary N) is 1. The zero-order valence-electron chi connectivity index (χ0n) is 7.17. The molecule has 0 amide bonds. The minimum absolute atomic E-state index is 0.0842. The lowest BCUT2D eigenvalue weighted by molar-refractivity contribution is 0.102. The monoisotopic (exact) mass is 199 g/mol. The van der Waals surface area contributed by atoms with Crippen LogP contribution in [0.1, 0.15) is 15.9 Å². The van der Waals surface area contributed by atoms with Gasteiger partial charge in [-0.15, -0.1) is 11.6 Å². The molecular weight excluding hydrogens is 190 g/mol. The van der Waals surface area contributed by atoms with Crippen molar-refractivity contribution in [2.24, 2.45) is 0 Å². The number of alkyl halides is 1. The number of aryl methyl sites for hydroxylation is 1. The smallest absolute Gasteiger partial charge is 0.180 e. The average molecular weight is 200 g/mol. The summed E-state index contributed by atoms with van der Waals surface area (Å²) in [5.74, 6) is -0.485. The van der Waals surface area contributed by atoms with E-state index in [1.165, 1.54) is 6.07 Å². The van der Waals surface area contributed by atoms with Crippen LogP contribution in [0.4, 0.5) is 5.69 Å². The first-order valence-electron chi connectivity index (χ1n) is 3.75. The molecule has 0 aliphatic heterocycles. The van der Waals surface area contributed by atoms with Gasteiger partial charge in [0.05, 0.1) is 11.6 Å². The molecule has 3 N–H and O–H groups in total. The van der Waals surface area contributed by atoms with Crippen molar-refractivity contribution in [1.82, 2.24) is 0 Å². The Bertz CT molecular complexity index is 350. The van der Waals surface area contributed by atoms with Crippen LogP contribution in [0, 0.1) is 6.92 Å². The summed E-state index contributed by atoms with van der Waals surface area (Å²) in [5.41, 5.74) is 6.67. The quantitative estimate of drug-likeness (QED) is 0.330. The van der Waals surface area contributed by atoms with Gasteiger partial charge < -0.3 is 10.8 Å². The summed E-state index contributed by atoms with van der Waals surface area (Å²) in [7, 11) is 0. The molecule has 0 aliphatic rings. The predicted octanol–water partition coefficient (Wildman–Crippen LogP) is 1.70. The molecule has 1 rings (SSSR count). The minimum Gasteiger partial charge on any atom is -0.506 e. The maximum absolute atomic E-state index is 11.3. The SMILES string of the molecule is Cc1ccc(O)c(N)c1C(=O)CCl. The number of aromatic hydroxyl groups is 1. The maximum atomic E-state index is 11.3. The second kappa shape index (κ2) is 3.66. The molecule has 13 heavy (non-hydrogen) atoms. The van der Waals surface area contributed by atoms with Crippen LogP contribution in [0.15, 0.2) is 12.1 Å². The molecule has 4 heteroatoms. The summed E-state index contributed by atoms with van der Waals surface area (Å²) < 4.78 is 0. The van der Waals surface area contributed by atoms with Gasteiger partial charge >= 0.3 is 0 Å². The molecule has 0 radical (unpaired) electrons. The van der Waals surface area contributed by atoms with Gasteiger partial charge in [0.25, 0.3) is 0 Å². The van der Waals surface area contributed by atoms with Crippen molar-refractivity contribution < 1.29 is 9.90 Å². The number of phenolic OH excluding ortho intramolecular Hbond substituents is 1. The van der Waals surface area contributed by atoms with E-state index < -0.39 is 0 Å². The fourth-order valence-corrected chi connectivity index (χ4v) is 1.29. The largest absolute Gasteiger partial charge is 0.506 e. The molecule has 1 aromatic carbocycles. The number of phenols is 1. The van der Waals surface area contributed by atoms with Gasteiger partial charge in [0, 0.05) is 5.56 Å². The molecule has 0 atom stereocenters. The Balaban J connectivity index is 3.33. The molecule has 0 heterocycles. The Kier molecular flexibility index (Phi) is 2.78. The van der Waals surface area contributed by atoms with Gasteiger partial charge in [-0.05, 0) is 18.6 Å². The lowest BCUT2D eigenvalue weighted by Crippen LogP contribution is -2.07. The summed E-state index contributed by atoms with van der Waals surface area (Å²) in [6.45, 7) is 1.75. The number of carbonyl (C=O) groups is 1. The summed E-state index contributed by atoms with van der Waals surface area (Å²) in [6, 6.07) is 3.08. The Morgan fingerprint density at radius 2 is 2.23 bits per heavy atom. The van der Waals surface area contributed by atoms with E-state index in [1.54, 1.807) is 13.0 Å². The number of carbonyl (C=O) groups excluding carboxylic acids is 1. The van der Waals surface area contributed by atoms with E-state index in [0.717, 1.165) is 5.56 Å². The molecular formula is C9H10ClNO2. The normalized spacial score (nSPS) is 10.0. The van der Waals surface area contributed by atoms with Gasteiger partial charge in [0.2, 0.25) is 0 Å². The molecule has 0 unspecified atom stereocenters. The van der Waals surface area contributed by atoms with Gasteiger partial charge in [-0.1, -0.05) is 6.07 Å². The zero-order valence-corrected chi connectivity index (χ0v) is 7.93. The van der Waals surface area contributed by atoms with Crippen molar-refractivity contribution in [3.8, 4) is 5.75 Å². The molecule has 0 fully saturated rings. The second-order valence-electron chi connectivity index (χ2n) is 2.75. The Morgan fingerprint density at radius 3 is 2.77 bits per heavy atom. The molecule has 0 spiro atoms. The van der Waals surface area contributed by atoms with Crippen molar-refractivity contribution in [3.05, 3.63) is 23.3 Å². The molecule has 0 saturated heterocycles. The highest BCUT2D eigenvalue weighted by molar-refractivity contribution is 6.31. The van der Waals surface area contributed by atoms with Crippen molar-refractivity contribution in [1.29, 1.82) is 0 Å². The van der Waals surface area contributed by atoms with Crippen LogP contribution < -0.4 is 5.73 Å². The van der Waals surface area contributed by atoms with Crippen molar-refractivity contribution in [2.45, 2.75) is 6.92 Å². The first kappa shape index (κ1) is 9.86. The standard InChI is InChI=1S/C9H10ClNO2/c1-5-2-3-6(12)9(11)8(5)7(13)4-10/h2-3,12H,4,11H2,1H3. The number of ketones is 1. The van der Waals surface area contributed by atoms with E-state index in [4.69, 9.17) is 17.3 Å². The Hall–Kier alpha value is -1.22. The number of nitrogen functional groups attached to an aromatic ring is 1. The predicted molar refractivity (Wildman–Crippen MR) is 52.3 cm³/mol. The van der Waals surface area contributed by atoms with E-state index in [2.05, 4.69) is 0 Å². The van der Waals surface area contributed by atoms with E-state index >= 15 is 0 Å². The van der Waals surface area contributed by atoms with Crippen LogP contribution in [0.2, 0.25) is 0 Å². The van der Waals surface area contributed by atoms with E-state index in [1.807, 2.05) is 0 Å². The van der Waals surface area contributed by atoms with Crippen molar-refractivity contribution in [3.63, 3.8) is 0 Å². The molecule has 1 aromatic rings. The third-order valence-corrected chi connectivity index (χ3v) is 2.07. The molecule has 0 saturated carbocycles. The van der Waals surface area contributed by atoms with Gasteiger partial charge in [-0.2, -0.15) is 0 Å². The summed E-state index contributed by atoms with van der Waals surface area (Å²) in [4.78, 5) is 11.3. The first-order chi connectivity index (χ1) is 6.07. The Labute approximate surface area is 81.1 Å². The molecule has 0 bridgehead atoms. The van der Waals surface area contributed by atoms with Gasteiger partial charge in [0.15, 0.2) is 5.78 Å². The second-order valence-corrected chi connectivity index (χ2v) is 3.01. The summed E-state index contributed by atoms with van der Waals surface area (Å²) in [5, 5.41) is 9.25. The third kappa shape index (κ3) is 1.75. The van der Waals surface area contributed by atoms with Gasteiger partial charge in [-0.25, -0.2) is 0 Å². The fraction of sp³-hybridized carbons (Fsp3) is 0.222. The van der Waals surface area contributed by atoms with E-state index in [9.17, 15) is 9.90 Å². The number of hydrogen-bond donors (Lipinski definition) is 2. The molecule has 70 valence electrons. The number of halogens is 1. The zero-order chi connectivity index (χ0) is 10.0. The van der Waals surface area contributed by atoms with Crippen LogP contribution in [-0.4, -0.2) is 16.8 Å². The number of hydrogen-bond acceptors (Lipinski definition) is 3. The number of anilines is 1. The number of benzene rings is 1. The highest BCUT2D eigenvalue weighted by atomic mass is 35.5. The molecule has 3 nitrogen and oxygen atoms in total. The lowest BCUT2D eigenvalue weighted by Gasteiger charge is -2.07. The van der Waals surface area contributed by atoms with Gasteiger partial charge in [0.1, 0.15) is 5.75 Å². The summed E-state index contributed by atoms with van der Waals surface area (Å²) in [6.07, 6.45) is 0. The Morgan fingerprint density at radius 1 is 1.62 bits per heavy atom. The number of rotatable bonds is 2.